The third-order valence-electron chi connectivity index (χ3n) is 4.88. The summed E-state index contributed by atoms with van der Waals surface area (Å²) < 4.78 is 0. The Bertz CT molecular complexity index is 446. The van der Waals surface area contributed by atoms with E-state index in [1.165, 1.54) is 18.4 Å². The lowest BCUT2D eigenvalue weighted by molar-refractivity contribution is -0.132. The van der Waals surface area contributed by atoms with Gasteiger partial charge in [-0.25, -0.2) is 0 Å². The number of likely N-dealkylation sites (N-methyl/N-ethyl adjacent to an activating group) is 1. The highest BCUT2D eigenvalue weighted by molar-refractivity contribution is 5.85. The Kier molecular flexibility index (Phi) is 9.27. The second-order valence-corrected chi connectivity index (χ2v) is 6.50. The molecule has 0 radical (unpaired) electrons. The lowest BCUT2D eigenvalue weighted by atomic mass is 9.85. The highest BCUT2D eigenvalue weighted by atomic mass is 35.5. The molecule has 1 aliphatic rings. The van der Waals surface area contributed by atoms with Gasteiger partial charge in [0.2, 0.25) is 5.91 Å². The Morgan fingerprint density at radius 1 is 1.35 bits per heavy atom. The van der Waals surface area contributed by atoms with Crippen molar-refractivity contribution in [2.24, 2.45) is 11.8 Å². The topological polar surface area (TPSA) is 32.3 Å². The Labute approximate surface area is 147 Å². The van der Waals surface area contributed by atoms with E-state index < -0.39 is 0 Å². The molecule has 0 aromatic heterocycles. The first-order valence-corrected chi connectivity index (χ1v) is 8.73. The number of nitrogens with one attached hydrogen (secondary N) is 1. The first-order valence-electron chi connectivity index (χ1n) is 8.73. The van der Waals surface area contributed by atoms with Crippen LogP contribution >= 0.6 is 12.4 Å². The van der Waals surface area contributed by atoms with Gasteiger partial charge in [-0.3, -0.25) is 4.79 Å². The van der Waals surface area contributed by atoms with E-state index in [-0.39, 0.29) is 12.4 Å². The number of carbonyl (C=O) groups is 1. The molecule has 0 bridgehead atoms. The second-order valence-electron chi connectivity index (χ2n) is 6.50. The third kappa shape index (κ3) is 6.52. The van der Waals surface area contributed by atoms with E-state index in [4.69, 9.17) is 0 Å². The van der Waals surface area contributed by atoms with Crippen molar-refractivity contribution < 1.29 is 4.79 Å². The molecule has 0 aliphatic carbocycles. The Morgan fingerprint density at radius 2 is 2.09 bits per heavy atom. The normalized spacial score (nSPS) is 18.8. The highest BCUT2D eigenvalue weighted by Crippen LogP contribution is 2.23. The molecule has 1 heterocycles. The minimum Gasteiger partial charge on any atom is -0.343 e. The van der Waals surface area contributed by atoms with Gasteiger partial charge in [-0.2, -0.15) is 0 Å². The van der Waals surface area contributed by atoms with E-state index in [0.29, 0.717) is 24.2 Å². The summed E-state index contributed by atoms with van der Waals surface area (Å²) in [5, 5.41) is 3.45. The first-order chi connectivity index (χ1) is 10.7. The molecule has 1 aromatic rings. The maximum Gasteiger partial charge on any atom is 0.222 e. The van der Waals surface area contributed by atoms with Crippen molar-refractivity contribution >= 4 is 18.3 Å². The van der Waals surface area contributed by atoms with Crippen molar-refractivity contribution in [3.05, 3.63) is 35.9 Å². The molecule has 1 aromatic carbocycles. The summed E-state index contributed by atoms with van der Waals surface area (Å²) in [5.41, 5.74) is 1.30. The Balaban J connectivity index is 0.00000264. The van der Waals surface area contributed by atoms with Crippen LogP contribution in [0, 0.1) is 11.8 Å². The van der Waals surface area contributed by atoms with Crippen molar-refractivity contribution in [2.75, 3.05) is 26.2 Å². The quantitative estimate of drug-likeness (QED) is 0.825. The molecule has 130 valence electrons. The zero-order valence-corrected chi connectivity index (χ0v) is 15.3. The van der Waals surface area contributed by atoms with Gasteiger partial charge in [-0.15, -0.1) is 12.4 Å². The van der Waals surface area contributed by atoms with E-state index in [9.17, 15) is 4.79 Å². The fourth-order valence-electron chi connectivity index (χ4n) is 3.30. The fraction of sp³-hybridized carbons (Fsp3) is 0.632. The van der Waals surface area contributed by atoms with Crippen LogP contribution in [0.3, 0.4) is 0 Å². The van der Waals surface area contributed by atoms with Crippen LogP contribution in [0.2, 0.25) is 0 Å². The maximum absolute atomic E-state index is 12.6. The van der Waals surface area contributed by atoms with Crippen LogP contribution < -0.4 is 5.32 Å². The van der Waals surface area contributed by atoms with Gasteiger partial charge in [0.1, 0.15) is 0 Å². The van der Waals surface area contributed by atoms with Crippen LogP contribution in [0.5, 0.6) is 0 Å². The highest BCUT2D eigenvalue weighted by Gasteiger charge is 2.23. The SMILES string of the molecule is CCN(CCc1ccccc1)C(=O)CC(C)C1CCCNC1.Cl. The van der Waals surface area contributed by atoms with E-state index in [0.717, 1.165) is 32.6 Å². The lowest BCUT2D eigenvalue weighted by Gasteiger charge is -2.30. The molecule has 1 amide bonds. The number of benzene rings is 1. The molecular weight excluding hydrogens is 308 g/mol. The van der Waals surface area contributed by atoms with Crippen LogP contribution in [0.25, 0.3) is 0 Å². The van der Waals surface area contributed by atoms with E-state index in [2.05, 4.69) is 43.4 Å². The number of amides is 1. The standard InChI is InChI=1S/C19H30N2O.ClH/c1-3-21(13-11-17-8-5-4-6-9-17)19(22)14-16(2)18-10-7-12-20-15-18;/h4-6,8-9,16,18,20H,3,7,10-15H2,1-2H3;1H. The van der Waals surface area contributed by atoms with Gasteiger partial charge in [0.15, 0.2) is 0 Å². The van der Waals surface area contributed by atoms with Crippen LogP contribution in [0.4, 0.5) is 0 Å². The van der Waals surface area contributed by atoms with E-state index >= 15 is 0 Å². The van der Waals surface area contributed by atoms with Gasteiger partial charge in [0.25, 0.3) is 0 Å². The summed E-state index contributed by atoms with van der Waals surface area (Å²) in [6, 6.07) is 10.4. The van der Waals surface area contributed by atoms with Crippen molar-refractivity contribution in [3.8, 4) is 0 Å². The monoisotopic (exact) mass is 338 g/mol. The molecule has 2 unspecified atom stereocenters. The summed E-state index contributed by atoms with van der Waals surface area (Å²) in [7, 11) is 0. The maximum atomic E-state index is 12.6. The van der Waals surface area contributed by atoms with Gasteiger partial charge >= 0.3 is 0 Å². The number of nitrogens with zero attached hydrogens (tertiary/aromatic N) is 1. The smallest absolute Gasteiger partial charge is 0.222 e. The van der Waals surface area contributed by atoms with Crippen molar-refractivity contribution in [3.63, 3.8) is 0 Å². The summed E-state index contributed by atoms with van der Waals surface area (Å²) >= 11 is 0. The summed E-state index contributed by atoms with van der Waals surface area (Å²) in [6.45, 7) is 8.16. The molecule has 0 spiro atoms. The van der Waals surface area contributed by atoms with E-state index in [1.807, 2.05) is 11.0 Å². The largest absolute Gasteiger partial charge is 0.343 e. The zero-order valence-electron chi connectivity index (χ0n) is 14.5. The Hall–Kier alpha value is -1.06. The molecule has 2 rings (SSSR count). The van der Waals surface area contributed by atoms with Gasteiger partial charge in [-0.1, -0.05) is 37.3 Å². The number of hydrogen-bond acceptors (Lipinski definition) is 2. The average molecular weight is 339 g/mol. The summed E-state index contributed by atoms with van der Waals surface area (Å²) in [6.07, 6.45) is 4.14. The summed E-state index contributed by atoms with van der Waals surface area (Å²) in [4.78, 5) is 14.6. The molecule has 1 saturated heterocycles. The number of carbonyl (C=O) groups excluding carboxylic acids is 1. The summed E-state index contributed by atoms with van der Waals surface area (Å²) in [5.74, 6) is 1.45. The number of halogens is 1. The molecule has 0 saturated carbocycles. The first kappa shape index (κ1) is 20.0. The van der Waals surface area contributed by atoms with Crippen LogP contribution in [0.15, 0.2) is 30.3 Å². The van der Waals surface area contributed by atoms with Crippen LogP contribution in [-0.4, -0.2) is 37.0 Å². The van der Waals surface area contributed by atoms with Crippen molar-refractivity contribution in [2.45, 2.75) is 39.5 Å². The van der Waals surface area contributed by atoms with Gasteiger partial charge in [0.05, 0.1) is 0 Å². The molecule has 2 atom stereocenters. The van der Waals surface area contributed by atoms with E-state index in [1.54, 1.807) is 0 Å². The Morgan fingerprint density at radius 3 is 2.70 bits per heavy atom. The minimum atomic E-state index is 0. The molecular formula is C19H31ClN2O. The lowest BCUT2D eigenvalue weighted by Crippen LogP contribution is -2.37. The molecule has 1 N–H and O–H groups in total. The zero-order chi connectivity index (χ0) is 15.8. The van der Waals surface area contributed by atoms with Crippen molar-refractivity contribution in [1.82, 2.24) is 10.2 Å². The number of hydrogen-bond donors (Lipinski definition) is 1. The average Bonchev–Trinajstić information content (AvgIpc) is 2.57. The number of piperidine rings is 1. The van der Waals surface area contributed by atoms with Crippen LogP contribution in [0.1, 0.15) is 38.7 Å². The van der Waals surface area contributed by atoms with Gasteiger partial charge in [-0.05, 0) is 56.7 Å². The molecule has 1 aliphatic heterocycles. The van der Waals surface area contributed by atoms with Gasteiger partial charge < -0.3 is 10.2 Å². The third-order valence-corrected chi connectivity index (χ3v) is 4.88. The predicted octanol–water partition coefficient (Wildman–Crippen LogP) is 3.53. The molecule has 4 heteroatoms. The van der Waals surface area contributed by atoms with Gasteiger partial charge in [0, 0.05) is 19.5 Å². The van der Waals surface area contributed by atoms with Crippen LogP contribution in [-0.2, 0) is 11.2 Å². The molecule has 23 heavy (non-hydrogen) atoms. The molecule has 3 nitrogen and oxygen atoms in total. The minimum absolute atomic E-state index is 0. The molecule has 1 fully saturated rings. The predicted molar refractivity (Wildman–Crippen MR) is 99.0 cm³/mol. The van der Waals surface area contributed by atoms with Crippen molar-refractivity contribution in [1.29, 1.82) is 0 Å². The fourth-order valence-corrected chi connectivity index (χ4v) is 3.30. The number of rotatable bonds is 7. The second kappa shape index (κ2) is 10.7.